The molecule has 4 aromatic rings. The lowest BCUT2D eigenvalue weighted by Crippen LogP contribution is -2.21. The fourth-order valence-electron chi connectivity index (χ4n) is 2.90. The summed E-state index contributed by atoms with van der Waals surface area (Å²) in [6.45, 7) is 0. The molecule has 4 rings (SSSR count). The summed E-state index contributed by atoms with van der Waals surface area (Å²) in [5.74, 6) is -1.78. The number of H-pyrrole nitrogens is 1. The summed E-state index contributed by atoms with van der Waals surface area (Å²) in [7, 11) is 0. The Balaban J connectivity index is 1.67. The summed E-state index contributed by atoms with van der Waals surface area (Å²) in [5.41, 5.74) is -1.80. The van der Waals surface area contributed by atoms with Crippen LogP contribution in [0.25, 0.3) is 16.9 Å². The maximum absolute atomic E-state index is 13.7. The largest absolute Gasteiger partial charge is 0.435 e. The van der Waals surface area contributed by atoms with Crippen LogP contribution in [-0.2, 0) is 6.18 Å². The van der Waals surface area contributed by atoms with E-state index in [-0.39, 0.29) is 11.4 Å². The third-order valence-electron chi connectivity index (χ3n) is 4.32. The molecule has 0 spiro atoms. The summed E-state index contributed by atoms with van der Waals surface area (Å²) in [5, 5.41) is 15.3. The van der Waals surface area contributed by atoms with Gasteiger partial charge in [-0.05, 0) is 42.5 Å². The van der Waals surface area contributed by atoms with E-state index in [2.05, 4.69) is 25.8 Å². The van der Waals surface area contributed by atoms with Crippen molar-refractivity contribution >= 4 is 11.6 Å². The third-order valence-corrected chi connectivity index (χ3v) is 4.32. The van der Waals surface area contributed by atoms with Gasteiger partial charge in [0.05, 0.1) is 11.4 Å². The second kappa shape index (κ2) is 8.06. The second-order valence-corrected chi connectivity index (χ2v) is 6.51. The smallest absolute Gasteiger partial charge is 0.321 e. The molecule has 0 radical (unpaired) electrons. The fourth-order valence-corrected chi connectivity index (χ4v) is 2.90. The molecular weight excluding hydrogens is 432 g/mol. The van der Waals surface area contributed by atoms with Crippen molar-refractivity contribution in [1.29, 1.82) is 0 Å². The quantitative estimate of drug-likeness (QED) is 0.469. The minimum atomic E-state index is -4.97. The van der Waals surface area contributed by atoms with Crippen molar-refractivity contribution in [3.05, 3.63) is 88.2 Å². The molecule has 0 aliphatic rings. The van der Waals surface area contributed by atoms with E-state index >= 15 is 0 Å². The summed E-state index contributed by atoms with van der Waals surface area (Å²) >= 11 is 0. The zero-order chi connectivity index (χ0) is 22.9. The molecular formula is C20H12F4N6O2. The van der Waals surface area contributed by atoms with Crippen LogP contribution in [0.15, 0.2) is 65.5 Å². The van der Waals surface area contributed by atoms with E-state index in [0.29, 0.717) is 15.9 Å². The Morgan fingerprint density at radius 2 is 1.78 bits per heavy atom. The number of nitrogens with zero attached hydrogens (tertiary/aromatic N) is 4. The Bertz CT molecular complexity index is 1320. The predicted octanol–water partition coefficient (Wildman–Crippen LogP) is 3.43. The molecule has 2 aromatic heterocycles. The number of halogens is 4. The molecule has 1 amide bonds. The lowest BCUT2D eigenvalue weighted by molar-refractivity contribution is -0.143. The van der Waals surface area contributed by atoms with Crippen LogP contribution < -0.4 is 10.9 Å². The van der Waals surface area contributed by atoms with Gasteiger partial charge in [-0.15, -0.1) is 5.10 Å². The molecule has 0 saturated carbocycles. The number of hydrogen-bond acceptors (Lipinski definition) is 5. The summed E-state index contributed by atoms with van der Waals surface area (Å²) in [6.07, 6.45) is -4.97. The van der Waals surface area contributed by atoms with Crippen LogP contribution >= 0.6 is 0 Å². The predicted molar refractivity (Wildman–Crippen MR) is 105 cm³/mol. The van der Waals surface area contributed by atoms with Crippen molar-refractivity contribution < 1.29 is 22.4 Å². The molecule has 0 unspecified atom stereocenters. The van der Waals surface area contributed by atoms with Gasteiger partial charge in [0.15, 0.2) is 11.4 Å². The standard InChI is InChI=1S/C20H12F4N6O2/c21-12-4-6-14(7-5-12)30-18(20(22,23)24)17(28-29-30)19(32)25-13-3-1-2-11(10-13)15-8-9-16(31)27-26-15/h1-10H,(H,25,32)(H,27,31). The molecule has 0 aliphatic heterocycles. The molecule has 8 nitrogen and oxygen atoms in total. The van der Waals surface area contributed by atoms with Gasteiger partial charge in [0.2, 0.25) is 0 Å². The highest BCUT2D eigenvalue weighted by Crippen LogP contribution is 2.33. The number of amides is 1. The van der Waals surface area contributed by atoms with Crippen LogP contribution in [0.4, 0.5) is 23.2 Å². The minimum absolute atomic E-state index is 0.114. The van der Waals surface area contributed by atoms with E-state index in [1.807, 2.05) is 0 Å². The number of anilines is 1. The van der Waals surface area contributed by atoms with Gasteiger partial charge in [0, 0.05) is 17.3 Å². The van der Waals surface area contributed by atoms with Gasteiger partial charge in [-0.2, -0.15) is 18.3 Å². The van der Waals surface area contributed by atoms with Gasteiger partial charge in [-0.1, -0.05) is 17.3 Å². The first-order chi connectivity index (χ1) is 15.2. The van der Waals surface area contributed by atoms with Crippen molar-refractivity contribution in [3.8, 4) is 16.9 Å². The molecule has 2 aromatic carbocycles. The lowest BCUT2D eigenvalue weighted by Gasteiger charge is -2.11. The second-order valence-electron chi connectivity index (χ2n) is 6.51. The first-order valence-electron chi connectivity index (χ1n) is 8.99. The number of carbonyl (C=O) groups excluding carboxylic acids is 1. The molecule has 32 heavy (non-hydrogen) atoms. The van der Waals surface area contributed by atoms with Crippen molar-refractivity contribution in [2.24, 2.45) is 0 Å². The van der Waals surface area contributed by atoms with Gasteiger partial charge < -0.3 is 5.32 Å². The van der Waals surface area contributed by atoms with E-state index in [1.54, 1.807) is 12.1 Å². The Labute approximate surface area is 176 Å². The Morgan fingerprint density at radius 1 is 1.03 bits per heavy atom. The molecule has 0 saturated heterocycles. The molecule has 0 aliphatic carbocycles. The first-order valence-corrected chi connectivity index (χ1v) is 8.99. The highest BCUT2D eigenvalue weighted by Gasteiger charge is 2.42. The number of benzene rings is 2. The highest BCUT2D eigenvalue weighted by atomic mass is 19.4. The van der Waals surface area contributed by atoms with Crippen LogP contribution in [-0.4, -0.2) is 31.1 Å². The normalized spacial score (nSPS) is 11.4. The van der Waals surface area contributed by atoms with Crippen LogP contribution in [0, 0.1) is 5.82 Å². The van der Waals surface area contributed by atoms with Crippen LogP contribution in [0.3, 0.4) is 0 Å². The number of aromatic amines is 1. The zero-order valence-corrected chi connectivity index (χ0v) is 15.9. The number of carbonyl (C=O) groups is 1. The Morgan fingerprint density at radius 3 is 2.44 bits per heavy atom. The minimum Gasteiger partial charge on any atom is -0.321 e. The van der Waals surface area contributed by atoms with E-state index in [0.717, 1.165) is 24.3 Å². The average Bonchev–Trinajstić information content (AvgIpc) is 3.21. The molecule has 0 atom stereocenters. The summed E-state index contributed by atoms with van der Waals surface area (Å²) in [6, 6.07) is 12.9. The number of nitrogens with one attached hydrogen (secondary N) is 2. The Kier molecular flexibility index (Phi) is 5.26. The highest BCUT2D eigenvalue weighted by molar-refractivity contribution is 6.04. The summed E-state index contributed by atoms with van der Waals surface area (Å²) < 4.78 is 54.8. The molecule has 162 valence electrons. The molecule has 0 fully saturated rings. The van der Waals surface area contributed by atoms with Crippen LogP contribution in [0.5, 0.6) is 0 Å². The van der Waals surface area contributed by atoms with E-state index in [9.17, 15) is 27.2 Å². The van der Waals surface area contributed by atoms with E-state index in [4.69, 9.17) is 0 Å². The van der Waals surface area contributed by atoms with Gasteiger partial charge in [0.25, 0.3) is 11.5 Å². The lowest BCUT2D eigenvalue weighted by atomic mass is 10.1. The van der Waals surface area contributed by atoms with E-state index < -0.39 is 34.8 Å². The molecule has 12 heteroatoms. The number of rotatable bonds is 4. The number of hydrogen-bond donors (Lipinski definition) is 2. The van der Waals surface area contributed by atoms with Crippen molar-refractivity contribution in [2.45, 2.75) is 6.18 Å². The summed E-state index contributed by atoms with van der Waals surface area (Å²) in [4.78, 5) is 23.8. The first kappa shape index (κ1) is 20.9. The molecule has 2 N–H and O–H groups in total. The van der Waals surface area contributed by atoms with Gasteiger partial charge >= 0.3 is 6.18 Å². The van der Waals surface area contributed by atoms with Gasteiger partial charge in [-0.3, -0.25) is 9.59 Å². The topological polar surface area (TPSA) is 106 Å². The van der Waals surface area contributed by atoms with Crippen molar-refractivity contribution in [2.75, 3.05) is 5.32 Å². The van der Waals surface area contributed by atoms with Crippen molar-refractivity contribution in [3.63, 3.8) is 0 Å². The zero-order valence-electron chi connectivity index (χ0n) is 15.9. The van der Waals surface area contributed by atoms with Crippen LogP contribution in [0.1, 0.15) is 16.2 Å². The Hall–Kier alpha value is -4.35. The van der Waals surface area contributed by atoms with E-state index in [1.165, 1.54) is 24.3 Å². The SMILES string of the molecule is O=C(Nc1cccc(-c2ccc(=O)[nH]n2)c1)c1nnn(-c2ccc(F)cc2)c1C(F)(F)F. The average molecular weight is 444 g/mol. The third kappa shape index (κ3) is 4.24. The van der Waals surface area contributed by atoms with Gasteiger partial charge in [0.1, 0.15) is 5.82 Å². The maximum atomic E-state index is 13.7. The maximum Gasteiger partial charge on any atom is 0.435 e. The van der Waals surface area contributed by atoms with Crippen molar-refractivity contribution in [1.82, 2.24) is 25.2 Å². The fraction of sp³-hybridized carbons (Fsp3) is 0.0500. The van der Waals surface area contributed by atoms with Crippen LogP contribution in [0.2, 0.25) is 0 Å². The number of aromatic nitrogens is 5. The molecule has 2 heterocycles. The molecule has 0 bridgehead atoms. The monoisotopic (exact) mass is 444 g/mol. The number of alkyl halides is 3. The van der Waals surface area contributed by atoms with Gasteiger partial charge in [-0.25, -0.2) is 14.2 Å².